The molecular formula is C20H27N5O2S. The summed E-state index contributed by atoms with van der Waals surface area (Å²) in [7, 11) is 0. The van der Waals surface area contributed by atoms with E-state index in [-0.39, 0.29) is 11.9 Å². The zero-order valence-corrected chi connectivity index (χ0v) is 16.9. The van der Waals surface area contributed by atoms with Crippen molar-refractivity contribution < 1.29 is 9.90 Å². The van der Waals surface area contributed by atoms with Crippen LogP contribution in [0.4, 0.5) is 0 Å². The molecular weight excluding hydrogens is 374 g/mol. The maximum Gasteiger partial charge on any atom is 0.230 e. The van der Waals surface area contributed by atoms with Gasteiger partial charge in [-0.2, -0.15) is 16.9 Å². The van der Waals surface area contributed by atoms with Crippen molar-refractivity contribution in [3.8, 4) is 5.69 Å². The van der Waals surface area contributed by atoms with E-state index in [4.69, 9.17) is 0 Å². The van der Waals surface area contributed by atoms with Crippen molar-refractivity contribution in [2.24, 2.45) is 11.8 Å². The number of aromatic nitrogens is 3. The summed E-state index contributed by atoms with van der Waals surface area (Å²) in [5, 5.41) is 17.7. The minimum atomic E-state index is -0.436. The predicted molar refractivity (Wildman–Crippen MR) is 109 cm³/mol. The molecule has 4 rings (SSSR count). The van der Waals surface area contributed by atoms with E-state index in [1.807, 2.05) is 6.26 Å². The Kier molecular flexibility index (Phi) is 5.99. The first-order valence-electron chi connectivity index (χ1n) is 9.75. The number of nitrogens with zero attached hydrogens (tertiary/aromatic N) is 4. The van der Waals surface area contributed by atoms with Crippen LogP contribution in [0.2, 0.25) is 0 Å². The molecule has 1 aliphatic heterocycles. The van der Waals surface area contributed by atoms with Gasteiger partial charge in [-0.05, 0) is 48.6 Å². The first-order chi connectivity index (χ1) is 13.6. The van der Waals surface area contributed by atoms with E-state index >= 15 is 0 Å². The van der Waals surface area contributed by atoms with Crippen LogP contribution in [-0.4, -0.2) is 67.9 Å². The van der Waals surface area contributed by atoms with Crippen LogP contribution in [0, 0.1) is 11.8 Å². The Hall–Kier alpha value is -1.90. The Labute approximate surface area is 169 Å². The van der Waals surface area contributed by atoms with Crippen molar-refractivity contribution >= 4 is 17.7 Å². The molecule has 1 aromatic heterocycles. The molecule has 2 heterocycles. The van der Waals surface area contributed by atoms with E-state index in [2.05, 4.69) is 44.6 Å². The van der Waals surface area contributed by atoms with E-state index in [1.165, 1.54) is 23.7 Å². The fraction of sp³-hybridized carbons (Fsp3) is 0.550. The minimum Gasteiger partial charge on any atom is -0.391 e. The van der Waals surface area contributed by atoms with Crippen molar-refractivity contribution in [1.29, 1.82) is 0 Å². The van der Waals surface area contributed by atoms with E-state index < -0.39 is 6.10 Å². The Bertz CT molecular complexity index is 782. The lowest BCUT2D eigenvalue weighted by atomic mass is 9.77. The standard InChI is InChI=1S/C20H27N5O2S/c1-28-11-20(27)23-18-6-15-9-24(10-16(15)7-19(18)26)8-14-2-4-17(5-3-14)25-13-21-12-22-25/h2-5,12-13,15-16,18-19,26H,6-11H2,1H3,(H,23,27)/t15-,16+,18-,19-/m0/s1. The van der Waals surface area contributed by atoms with E-state index in [0.29, 0.717) is 17.6 Å². The summed E-state index contributed by atoms with van der Waals surface area (Å²) in [6, 6.07) is 8.30. The van der Waals surface area contributed by atoms with Gasteiger partial charge in [-0.25, -0.2) is 9.67 Å². The van der Waals surface area contributed by atoms with Gasteiger partial charge in [-0.1, -0.05) is 12.1 Å². The van der Waals surface area contributed by atoms with Crippen LogP contribution in [0.5, 0.6) is 0 Å². The Morgan fingerprint density at radius 1 is 1.25 bits per heavy atom. The lowest BCUT2D eigenvalue weighted by molar-refractivity contribution is -0.120. The summed E-state index contributed by atoms with van der Waals surface area (Å²) in [5.74, 6) is 1.53. The number of aliphatic hydroxyl groups excluding tert-OH is 1. The lowest BCUT2D eigenvalue weighted by Gasteiger charge is -2.35. The summed E-state index contributed by atoms with van der Waals surface area (Å²) in [6.07, 6.45) is 6.35. The minimum absolute atomic E-state index is 0.0253. The highest BCUT2D eigenvalue weighted by molar-refractivity contribution is 7.99. The second-order valence-corrected chi connectivity index (χ2v) is 8.73. The molecule has 1 aliphatic carbocycles. The number of benzene rings is 1. The number of thioether (sulfide) groups is 1. The van der Waals surface area contributed by atoms with Gasteiger partial charge in [0.25, 0.3) is 0 Å². The topological polar surface area (TPSA) is 83.3 Å². The van der Waals surface area contributed by atoms with Gasteiger partial charge in [-0.15, -0.1) is 0 Å². The highest BCUT2D eigenvalue weighted by Crippen LogP contribution is 2.37. The highest BCUT2D eigenvalue weighted by Gasteiger charge is 2.41. The zero-order chi connectivity index (χ0) is 19.5. The second-order valence-electron chi connectivity index (χ2n) is 7.87. The van der Waals surface area contributed by atoms with Crippen LogP contribution in [0.15, 0.2) is 36.9 Å². The number of hydrogen-bond acceptors (Lipinski definition) is 6. The van der Waals surface area contributed by atoms with Gasteiger partial charge in [0.1, 0.15) is 12.7 Å². The molecule has 1 saturated heterocycles. The van der Waals surface area contributed by atoms with Gasteiger partial charge < -0.3 is 10.4 Å². The van der Waals surface area contributed by atoms with E-state index in [1.54, 1.807) is 11.0 Å². The molecule has 1 saturated carbocycles. The van der Waals surface area contributed by atoms with Crippen molar-refractivity contribution in [3.05, 3.63) is 42.5 Å². The fourth-order valence-electron chi connectivity index (χ4n) is 4.55. The summed E-state index contributed by atoms with van der Waals surface area (Å²) in [4.78, 5) is 18.4. The molecule has 2 aliphatic rings. The van der Waals surface area contributed by atoms with E-state index in [0.717, 1.165) is 38.2 Å². The average Bonchev–Trinajstić information content (AvgIpc) is 3.32. The van der Waals surface area contributed by atoms with Crippen LogP contribution in [-0.2, 0) is 11.3 Å². The molecule has 2 aromatic rings. The quantitative estimate of drug-likeness (QED) is 0.760. The normalized spacial score (nSPS) is 27.5. The third-order valence-electron chi connectivity index (χ3n) is 5.87. The number of aliphatic hydroxyl groups is 1. The van der Waals surface area contributed by atoms with Crippen LogP contribution in [0.1, 0.15) is 18.4 Å². The molecule has 1 aromatic carbocycles. The highest BCUT2D eigenvalue weighted by atomic mass is 32.2. The molecule has 28 heavy (non-hydrogen) atoms. The van der Waals surface area contributed by atoms with Crippen LogP contribution < -0.4 is 5.32 Å². The van der Waals surface area contributed by atoms with E-state index in [9.17, 15) is 9.90 Å². The number of rotatable bonds is 6. The molecule has 1 amide bonds. The van der Waals surface area contributed by atoms with Gasteiger partial charge in [0, 0.05) is 19.6 Å². The molecule has 0 spiro atoms. The molecule has 0 bridgehead atoms. The molecule has 2 N–H and O–H groups in total. The molecule has 7 nitrogen and oxygen atoms in total. The number of carbonyl (C=O) groups excluding carboxylic acids is 1. The number of fused-ring (bicyclic) bond motifs is 1. The maximum absolute atomic E-state index is 11.9. The average molecular weight is 402 g/mol. The summed E-state index contributed by atoms with van der Waals surface area (Å²) >= 11 is 1.51. The SMILES string of the molecule is CSCC(=O)N[C@H]1C[C@H]2CN(Cc3ccc(-n4cncn4)cc3)C[C@H]2C[C@@H]1O. The fourth-order valence-corrected chi connectivity index (χ4v) is 4.89. The number of likely N-dealkylation sites (tertiary alicyclic amines) is 1. The first kappa shape index (κ1) is 19.4. The Morgan fingerprint density at radius 3 is 2.68 bits per heavy atom. The number of amides is 1. The van der Waals surface area contributed by atoms with Gasteiger partial charge in [0.2, 0.25) is 5.91 Å². The van der Waals surface area contributed by atoms with Gasteiger partial charge in [0.05, 0.1) is 23.6 Å². The summed E-state index contributed by atoms with van der Waals surface area (Å²) in [6.45, 7) is 2.94. The second kappa shape index (κ2) is 8.63. The third-order valence-corrected chi connectivity index (χ3v) is 6.42. The Balaban J connectivity index is 1.33. The lowest BCUT2D eigenvalue weighted by Crippen LogP contribution is -2.49. The molecule has 2 fully saturated rings. The maximum atomic E-state index is 11.9. The van der Waals surface area contributed by atoms with Crippen molar-refractivity contribution in [1.82, 2.24) is 25.0 Å². The molecule has 150 valence electrons. The van der Waals surface area contributed by atoms with Gasteiger partial charge >= 0.3 is 0 Å². The first-order valence-corrected chi connectivity index (χ1v) is 11.1. The third kappa shape index (κ3) is 4.39. The van der Waals surface area contributed by atoms with Crippen molar-refractivity contribution in [2.45, 2.75) is 31.5 Å². The number of hydrogen-bond donors (Lipinski definition) is 2. The Morgan fingerprint density at radius 2 is 2.00 bits per heavy atom. The zero-order valence-electron chi connectivity index (χ0n) is 16.1. The van der Waals surface area contributed by atoms with Crippen LogP contribution in [0.25, 0.3) is 5.69 Å². The molecule has 0 unspecified atom stereocenters. The van der Waals surface area contributed by atoms with Gasteiger partial charge in [-0.3, -0.25) is 9.69 Å². The molecule has 8 heteroatoms. The van der Waals surface area contributed by atoms with Crippen LogP contribution >= 0.6 is 11.8 Å². The number of carbonyl (C=O) groups is 1. The number of nitrogens with one attached hydrogen (secondary N) is 1. The smallest absolute Gasteiger partial charge is 0.230 e. The molecule has 4 atom stereocenters. The largest absolute Gasteiger partial charge is 0.391 e. The van der Waals surface area contributed by atoms with Crippen LogP contribution in [0.3, 0.4) is 0 Å². The molecule has 0 radical (unpaired) electrons. The summed E-state index contributed by atoms with van der Waals surface area (Å²) in [5.41, 5.74) is 2.27. The van der Waals surface area contributed by atoms with Gasteiger partial charge in [0.15, 0.2) is 0 Å². The predicted octanol–water partition coefficient (Wildman–Crippen LogP) is 1.32. The van der Waals surface area contributed by atoms with Crippen molar-refractivity contribution in [3.63, 3.8) is 0 Å². The monoisotopic (exact) mass is 401 g/mol. The summed E-state index contributed by atoms with van der Waals surface area (Å²) < 4.78 is 1.75. The van der Waals surface area contributed by atoms with Crippen molar-refractivity contribution in [2.75, 3.05) is 25.1 Å².